The van der Waals surface area contributed by atoms with Crippen LogP contribution in [0.1, 0.15) is 39.7 Å². The van der Waals surface area contributed by atoms with E-state index in [0.717, 1.165) is 10.1 Å². The SMILES string of the molecule is Cn1c(=O)nc2n(C3CCN(C(=O)OC(C)(C)C)CC3)nc(-c3ccccc3)nc-2c1=O. The highest BCUT2D eigenvalue weighted by Crippen LogP contribution is 2.28. The number of likely N-dealkylation sites (tertiary alicyclic amines) is 1. The lowest BCUT2D eigenvalue weighted by molar-refractivity contribution is 0.0184. The van der Waals surface area contributed by atoms with Gasteiger partial charge in [0.05, 0.1) is 6.04 Å². The van der Waals surface area contributed by atoms with Gasteiger partial charge in [-0.05, 0) is 33.6 Å². The third kappa shape index (κ3) is 4.25. The number of aromatic nitrogens is 5. The third-order valence-electron chi connectivity index (χ3n) is 5.34. The zero-order valence-electron chi connectivity index (χ0n) is 18.6. The zero-order chi connectivity index (χ0) is 23.0. The highest BCUT2D eigenvalue weighted by Gasteiger charge is 2.31. The van der Waals surface area contributed by atoms with Crippen LogP contribution < -0.4 is 11.2 Å². The van der Waals surface area contributed by atoms with Crippen molar-refractivity contribution in [3.63, 3.8) is 0 Å². The molecule has 1 fully saturated rings. The minimum atomic E-state index is -0.654. The van der Waals surface area contributed by atoms with E-state index in [-0.39, 0.29) is 23.7 Å². The van der Waals surface area contributed by atoms with Gasteiger partial charge in [0.15, 0.2) is 17.3 Å². The molecular weight excluding hydrogens is 412 g/mol. The van der Waals surface area contributed by atoms with Gasteiger partial charge in [0.1, 0.15) is 5.60 Å². The average Bonchev–Trinajstić information content (AvgIpc) is 2.77. The Labute approximate surface area is 184 Å². The van der Waals surface area contributed by atoms with E-state index in [9.17, 15) is 14.4 Å². The molecule has 1 aromatic rings. The van der Waals surface area contributed by atoms with E-state index in [2.05, 4.69) is 15.1 Å². The fourth-order valence-electron chi connectivity index (χ4n) is 3.68. The van der Waals surface area contributed by atoms with Crippen molar-refractivity contribution in [3.05, 3.63) is 51.2 Å². The van der Waals surface area contributed by atoms with Crippen molar-refractivity contribution < 1.29 is 9.53 Å². The molecule has 0 aromatic heterocycles. The Kier molecular flexibility index (Phi) is 5.53. The van der Waals surface area contributed by atoms with Gasteiger partial charge in [-0.1, -0.05) is 30.3 Å². The summed E-state index contributed by atoms with van der Waals surface area (Å²) in [7, 11) is 1.38. The van der Waals surface area contributed by atoms with Gasteiger partial charge in [0.25, 0.3) is 5.56 Å². The number of piperidine rings is 1. The van der Waals surface area contributed by atoms with Crippen LogP contribution in [0.3, 0.4) is 0 Å². The second-order valence-electron chi connectivity index (χ2n) is 8.88. The largest absolute Gasteiger partial charge is 0.444 e. The lowest BCUT2D eigenvalue weighted by atomic mass is 10.1. The highest BCUT2D eigenvalue weighted by atomic mass is 16.6. The first-order valence-electron chi connectivity index (χ1n) is 10.5. The molecule has 0 N–H and O–H groups in total. The molecule has 0 saturated carbocycles. The van der Waals surface area contributed by atoms with Crippen molar-refractivity contribution >= 4 is 6.09 Å². The molecule has 168 valence electrons. The summed E-state index contributed by atoms with van der Waals surface area (Å²) in [6.45, 7) is 6.43. The van der Waals surface area contributed by atoms with Gasteiger partial charge in [-0.15, -0.1) is 0 Å². The smallest absolute Gasteiger partial charge is 0.410 e. The first-order valence-corrected chi connectivity index (χ1v) is 10.5. The normalized spacial score (nSPS) is 15.2. The summed E-state index contributed by atoms with van der Waals surface area (Å²) >= 11 is 0. The van der Waals surface area contributed by atoms with E-state index < -0.39 is 16.9 Å². The molecule has 3 aliphatic heterocycles. The van der Waals surface area contributed by atoms with Gasteiger partial charge in [-0.3, -0.25) is 9.36 Å². The molecule has 3 aliphatic rings. The summed E-state index contributed by atoms with van der Waals surface area (Å²) in [5.74, 6) is 0.540. The number of nitrogens with zero attached hydrogens (tertiary/aromatic N) is 6. The van der Waals surface area contributed by atoms with E-state index in [1.165, 1.54) is 7.05 Å². The van der Waals surface area contributed by atoms with E-state index in [1.807, 2.05) is 51.1 Å². The molecule has 0 aliphatic carbocycles. The number of carbonyl (C=O) groups excluding carboxylic acids is 1. The maximum atomic E-state index is 12.8. The fourth-order valence-corrected chi connectivity index (χ4v) is 3.68. The molecule has 0 spiro atoms. The summed E-state index contributed by atoms with van der Waals surface area (Å²) in [5, 5.41) is 4.66. The van der Waals surface area contributed by atoms with Crippen molar-refractivity contribution in [2.45, 2.75) is 45.3 Å². The molecule has 32 heavy (non-hydrogen) atoms. The van der Waals surface area contributed by atoms with Gasteiger partial charge in [-0.2, -0.15) is 10.1 Å². The maximum Gasteiger partial charge on any atom is 0.410 e. The number of hydrogen-bond acceptors (Lipinski definition) is 7. The quantitative estimate of drug-likeness (QED) is 0.602. The molecule has 1 aromatic carbocycles. The molecule has 10 nitrogen and oxygen atoms in total. The fraction of sp³-hybridized carbons (Fsp3) is 0.455. The van der Waals surface area contributed by atoms with Crippen LogP contribution in [0, 0.1) is 0 Å². The number of rotatable bonds is 2. The number of benzene rings is 1. The van der Waals surface area contributed by atoms with Gasteiger partial charge >= 0.3 is 11.8 Å². The van der Waals surface area contributed by atoms with Crippen LogP contribution in [0.15, 0.2) is 39.9 Å². The van der Waals surface area contributed by atoms with Crippen molar-refractivity contribution in [2.24, 2.45) is 7.05 Å². The van der Waals surface area contributed by atoms with Crippen molar-refractivity contribution in [2.75, 3.05) is 13.1 Å². The molecule has 0 radical (unpaired) electrons. The van der Waals surface area contributed by atoms with Crippen LogP contribution in [0.5, 0.6) is 0 Å². The molecule has 1 saturated heterocycles. The minimum Gasteiger partial charge on any atom is -0.444 e. The van der Waals surface area contributed by atoms with Crippen LogP contribution >= 0.6 is 0 Å². The monoisotopic (exact) mass is 438 g/mol. The van der Waals surface area contributed by atoms with Gasteiger partial charge in [0.2, 0.25) is 0 Å². The predicted molar refractivity (Wildman–Crippen MR) is 117 cm³/mol. The van der Waals surface area contributed by atoms with Gasteiger partial charge in [-0.25, -0.2) is 19.3 Å². The Morgan fingerprint density at radius 3 is 2.34 bits per heavy atom. The van der Waals surface area contributed by atoms with Crippen LogP contribution in [-0.2, 0) is 11.8 Å². The number of hydrogen-bond donors (Lipinski definition) is 0. The molecule has 0 unspecified atom stereocenters. The predicted octanol–water partition coefficient (Wildman–Crippen LogP) is 2.08. The molecule has 10 heteroatoms. The van der Waals surface area contributed by atoms with Crippen LogP contribution in [0.25, 0.3) is 22.9 Å². The van der Waals surface area contributed by atoms with E-state index in [0.29, 0.717) is 31.8 Å². The summed E-state index contributed by atoms with van der Waals surface area (Å²) in [5.41, 5.74) is -0.888. The summed E-state index contributed by atoms with van der Waals surface area (Å²) in [6.07, 6.45) is 0.803. The second-order valence-corrected chi connectivity index (χ2v) is 8.88. The first kappa shape index (κ1) is 21.7. The Morgan fingerprint density at radius 2 is 1.72 bits per heavy atom. The lowest BCUT2D eigenvalue weighted by Gasteiger charge is -2.34. The van der Waals surface area contributed by atoms with Crippen molar-refractivity contribution in [3.8, 4) is 22.9 Å². The third-order valence-corrected chi connectivity index (χ3v) is 5.34. The van der Waals surface area contributed by atoms with Crippen molar-refractivity contribution in [1.29, 1.82) is 0 Å². The zero-order valence-corrected chi connectivity index (χ0v) is 18.6. The number of fused-ring (bicyclic) bond motifs is 1. The second kappa shape index (κ2) is 8.18. The first-order chi connectivity index (χ1) is 15.1. The number of amides is 1. The Balaban J connectivity index is 1.72. The molecule has 0 atom stereocenters. The van der Waals surface area contributed by atoms with Gasteiger partial charge < -0.3 is 9.64 Å². The molecule has 4 rings (SSSR count). The van der Waals surface area contributed by atoms with Crippen LogP contribution in [-0.4, -0.2) is 54.0 Å². The highest BCUT2D eigenvalue weighted by molar-refractivity contribution is 5.68. The van der Waals surface area contributed by atoms with Crippen molar-refractivity contribution in [1.82, 2.24) is 29.2 Å². The standard InChI is InChI=1S/C22H26N6O4/c1-22(2,3)32-21(31)27-12-10-15(11-13-27)28-18-16(19(29)26(4)20(30)24-18)23-17(25-28)14-8-6-5-7-9-14/h5-9,15H,10-13H2,1-4H3. The van der Waals surface area contributed by atoms with Gasteiger partial charge in [0, 0.05) is 25.7 Å². The minimum absolute atomic E-state index is 0.0931. The topological polar surface area (TPSA) is 112 Å². The summed E-state index contributed by atoms with van der Waals surface area (Å²) in [4.78, 5) is 47.6. The van der Waals surface area contributed by atoms with E-state index in [1.54, 1.807) is 9.58 Å². The van der Waals surface area contributed by atoms with Crippen LogP contribution in [0.2, 0.25) is 0 Å². The Hall–Kier alpha value is -3.56. The molecular formula is C22H26N6O4. The number of carbonyl (C=O) groups is 1. The summed E-state index contributed by atoms with van der Waals surface area (Å²) in [6, 6.07) is 9.18. The summed E-state index contributed by atoms with van der Waals surface area (Å²) < 4.78 is 8.04. The Morgan fingerprint density at radius 1 is 1.06 bits per heavy atom. The Bertz CT molecular complexity index is 1220. The van der Waals surface area contributed by atoms with E-state index in [4.69, 9.17) is 4.74 Å². The lowest BCUT2D eigenvalue weighted by Crippen LogP contribution is -2.43. The number of ether oxygens (including phenoxy) is 1. The average molecular weight is 438 g/mol. The molecule has 3 heterocycles. The molecule has 1 amide bonds. The maximum absolute atomic E-state index is 12.8. The van der Waals surface area contributed by atoms with Crippen LogP contribution in [0.4, 0.5) is 4.79 Å². The van der Waals surface area contributed by atoms with E-state index >= 15 is 0 Å². The molecule has 0 bridgehead atoms.